The van der Waals surface area contributed by atoms with E-state index in [0.29, 0.717) is 5.69 Å². The van der Waals surface area contributed by atoms with Crippen molar-refractivity contribution < 1.29 is 22.4 Å². The van der Waals surface area contributed by atoms with Crippen LogP contribution in [0.15, 0.2) is 70.5 Å². The lowest BCUT2D eigenvalue weighted by molar-refractivity contribution is -0.127. The predicted molar refractivity (Wildman–Crippen MR) is 119 cm³/mol. The Balaban J connectivity index is 1.80. The van der Waals surface area contributed by atoms with Gasteiger partial charge in [-0.1, -0.05) is 36.0 Å². The summed E-state index contributed by atoms with van der Waals surface area (Å²) in [4.78, 5) is 26.2. The summed E-state index contributed by atoms with van der Waals surface area (Å²) >= 11 is 0.899. The summed E-state index contributed by atoms with van der Waals surface area (Å²) in [6, 6.07) is 11.5. The van der Waals surface area contributed by atoms with Gasteiger partial charge in [0.25, 0.3) is 10.0 Å². The highest BCUT2D eigenvalue weighted by molar-refractivity contribution is 8.16. The number of nitrogens with one attached hydrogen (secondary N) is 1. The minimum Gasteiger partial charge on any atom is -0.326 e. The van der Waals surface area contributed by atoms with Gasteiger partial charge in [0, 0.05) is 18.7 Å². The van der Waals surface area contributed by atoms with Crippen molar-refractivity contribution in [1.82, 2.24) is 4.90 Å². The second-order valence-corrected chi connectivity index (χ2v) is 9.49. The lowest BCUT2D eigenvalue weighted by Gasteiger charge is -2.14. The largest absolute Gasteiger partial charge is 0.326 e. The number of nitrogens with zero attached hydrogens (tertiary/aromatic N) is 2. The molecular formula is C21H20FN3O4S2. The van der Waals surface area contributed by atoms with E-state index in [0.717, 1.165) is 41.6 Å². The number of hydrogen-bond donors (Lipinski definition) is 1. The van der Waals surface area contributed by atoms with E-state index in [9.17, 15) is 22.4 Å². The van der Waals surface area contributed by atoms with E-state index in [2.05, 4.69) is 16.3 Å². The highest BCUT2D eigenvalue weighted by Gasteiger charge is 2.39. The molecule has 1 aliphatic rings. The fourth-order valence-corrected chi connectivity index (χ4v) is 5.22. The molecule has 10 heteroatoms. The second-order valence-electron chi connectivity index (χ2n) is 6.71. The molecule has 0 radical (unpaired) electrons. The molecule has 2 aromatic rings. The van der Waals surface area contributed by atoms with Gasteiger partial charge in [-0.05, 0) is 42.8 Å². The topological polar surface area (TPSA) is 95.9 Å². The molecule has 7 nitrogen and oxygen atoms in total. The van der Waals surface area contributed by atoms with Gasteiger partial charge in [-0.15, -0.1) is 11.0 Å². The number of para-hydroxylation sites is 1. The Morgan fingerprint density at radius 2 is 1.94 bits per heavy atom. The van der Waals surface area contributed by atoms with Crippen molar-refractivity contribution in [3.63, 3.8) is 0 Å². The van der Waals surface area contributed by atoms with Crippen molar-refractivity contribution in [2.75, 3.05) is 11.9 Å². The monoisotopic (exact) mass is 461 g/mol. The molecule has 2 aromatic carbocycles. The van der Waals surface area contributed by atoms with Crippen molar-refractivity contribution in [2.45, 2.75) is 23.5 Å². The zero-order valence-electron chi connectivity index (χ0n) is 16.6. The molecule has 1 saturated heterocycles. The van der Waals surface area contributed by atoms with E-state index < -0.39 is 27.0 Å². The highest BCUT2D eigenvalue weighted by Crippen LogP contribution is 2.31. The lowest BCUT2D eigenvalue weighted by atomic mass is 10.2. The summed E-state index contributed by atoms with van der Waals surface area (Å²) in [6.45, 7) is 5.47. The van der Waals surface area contributed by atoms with Gasteiger partial charge in [0.1, 0.15) is 11.1 Å². The second kappa shape index (κ2) is 9.44. The molecule has 1 aliphatic heterocycles. The first-order chi connectivity index (χ1) is 14.7. The van der Waals surface area contributed by atoms with Gasteiger partial charge in [-0.2, -0.15) is 8.42 Å². The molecule has 0 bridgehead atoms. The van der Waals surface area contributed by atoms with Gasteiger partial charge in [-0.3, -0.25) is 14.5 Å². The number of hydrogen-bond acceptors (Lipinski definition) is 5. The van der Waals surface area contributed by atoms with Crippen LogP contribution in [0.3, 0.4) is 0 Å². The fraction of sp³-hybridized carbons (Fsp3) is 0.190. The van der Waals surface area contributed by atoms with E-state index in [4.69, 9.17) is 0 Å². The Morgan fingerprint density at radius 1 is 1.26 bits per heavy atom. The first-order valence-corrected chi connectivity index (χ1v) is 11.6. The summed E-state index contributed by atoms with van der Waals surface area (Å²) in [5.41, 5.74) is 1.51. The molecule has 0 saturated carbocycles. The molecule has 0 aliphatic carbocycles. The van der Waals surface area contributed by atoms with Crippen molar-refractivity contribution in [1.29, 1.82) is 0 Å². The molecule has 0 unspecified atom stereocenters. The first-order valence-electron chi connectivity index (χ1n) is 9.26. The Hall–Kier alpha value is -2.98. The smallest absolute Gasteiger partial charge is 0.284 e. The number of sulfonamides is 1. The number of aryl methyl sites for hydroxylation is 1. The molecule has 31 heavy (non-hydrogen) atoms. The minimum atomic E-state index is -4.17. The first kappa shape index (κ1) is 22.7. The third kappa shape index (κ3) is 5.39. The summed E-state index contributed by atoms with van der Waals surface area (Å²) in [5, 5.41) is 1.88. The Kier molecular flexibility index (Phi) is 6.91. The van der Waals surface area contributed by atoms with Crippen LogP contribution >= 0.6 is 11.8 Å². The van der Waals surface area contributed by atoms with Crippen LogP contribution in [-0.4, -0.2) is 42.1 Å². The van der Waals surface area contributed by atoms with Crippen LogP contribution in [0.4, 0.5) is 10.1 Å². The zero-order valence-corrected chi connectivity index (χ0v) is 18.2. The summed E-state index contributed by atoms with van der Waals surface area (Å²) in [6.07, 6.45) is 1.29. The Labute approximate surface area is 184 Å². The van der Waals surface area contributed by atoms with Crippen LogP contribution in [0, 0.1) is 12.7 Å². The third-order valence-corrected chi connectivity index (χ3v) is 7.00. The Bertz CT molecular complexity index is 1150. The summed E-state index contributed by atoms with van der Waals surface area (Å²) in [7, 11) is -4.17. The Morgan fingerprint density at radius 3 is 2.58 bits per heavy atom. The maximum atomic E-state index is 13.1. The van der Waals surface area contributed by atoms with Gasteiger partial charge in [0.2, 0.25) is 11.8 Å². The van der Waals surface area contributed by atoms with Gasteiger partial charge >= 0.3 is 0 Å². The number of halogens is 1. The number of anilines is 1. The molecule has 0 aromatic heterocycles. The van der Waals surface area contributed by atoms with Gasteiger partial charge in [0.15, 0.2) is 5.17 Å². The van der Waals surface area contributed by atoms with E-state index in [1.54, 1.807) is 12.1 Å². The number of amides is 2. The zero-order chi connectivity index (χ0) is 22.6. The molecule has 2 amide bonds. The SMILES string of the molecule is C=CCN1C(=O)[C@H](CC(=O)Nc2ccccc2C)SC1=NS(=O)(=O)c1ccc(F)cc1. The molecule has 1 heterocycles. The average Bonchev–Trinajstić information content (AvgIpc) is 2.98. The molecular weight excluding hydrogens is 441 g/mol. The van der Waals surface area contributed by atoms with E-state index >= 15 is 0 Å². The van der Waals surface area contributed by atoms with Gasteiger partial charge < -0.3 is 5.32 Å². The van der Waals surface area contributed by atoms with E-state index in [1.165, 1.54) is 11.0 Å². The maximum Gasteiger partial charge on any atom is 0.284 e. The lowest BCUT2D eigenvalue weighted by Crippen LogP contribution is -2.34. The minimum absolute atomic E-state index is 0.0412. The summed E-state index contributed by atoms with van der Waals surface area (Å²) in [5.74, 6) is -1.38. The third-order valence-electron chi connectivity index (χ3n) is 4.43. The molecule has 1 atom stereocenters. The molecule has 1 fully saturated rings. The van der Waals surface area contributed by atoms with Gasteiger partial charge in [0.05, 0.1) is 4.90 Å². The van der Waals surface area contributed by atoms with E-state index in [-0.39, 0.29) is 28.9 Å². The quantitative estimate of drug-likeness (QED) is 0.638. The van der Waals surface area contributed by atoms with Crippen LogP contribution in [0.2, 0.25) is 0 Å². The molecule has 3 rings (SSSR count). The van der Waals surface area contributed by atoms with E-state index in [1.807, 2.05) is 19.1 Å². The predicted octanol–water partition coefficient (Wildman–Crippen LogP) is 3.34. The van der Waals surface area contributed by atoms with Crippen LogP contribution in [0.5, 0.6) is 0 Å². The van der Waals surface area contributed by atoms with Crippen LogP contribution in [-0.2, 0) is 19.6 Å². The van der Waals surface area contributed by atoms with Crippen molar-refractivity contribution in [2.24, 2.45) is 4.40 Å². The standard InChI is InChI=1S/C21H20FN3O4S2/c1-3-12-25-20(27)18(13-19(26)23-17-7-5-4-6-14(17)2)30-21(25)24-31(28,29)16-10-8-15(22)9-11-16/h3-11,18H,1,12-13H2,2H3,(H,23,26)/t18-/m0/s1. The summed E-state index contributed by atoms with van der Waals surface area (Å²) < 4.78 is 42.1. The van der Waals surface area contributed by atoms with Gasteiger partial charge in [-0.25, -0.2) is 4.39 Å². The van der Waals surface area contributed by atoms with Crippen LogP contribution in [0.1, 0.15) is 12.0 Å². The van der Waals surface area contributed by atoms with Crippen LogP contribution < -0.4 is 5.32 Å². The van der Waals surface area contributed by atoms with Crippen LogP contribution in [0.25, 0.3) is 0 Å². The number of benzene rings is 2. The number of rotatable bonds is 7. The van der Waals surface area contributed by atoms with Crippen molar-refractivity contribution in [3.05, 3.63) is 72.6 Å². The molecule has 162 valence electrons. The highest BCUT2D eigenvalue weighted by atomic mass is 32.2. The molecule has 0 spiro atoms. The fourth-order valence-electron chi connectivity index (χ4n) is 2.85. The average molecular weight is 462 g/mol. The number of amidine groups is 1. The van der Waals surface area contributed by atoms with Crippen molar-refractivity contribution in [3.8, 4) is 0 Å². The normalized spacial score (nSPS) is 17.7. The van der Waals surface area contributed by atoms with Crippen molar-refractivity contribution >= 4 is 44.5 Å². The molecule has 1 N–H and O–H groups in total. The number of carbonyl (C=O) groups is 2. The number of carbonyl (C=O) groups excluding carboxylic acids is 2. The number of thioether (sulfide) groups is 1. The maximum absolute atomic E-state index is 13.1.